The van der Waals surface area contributed by atoms with Crippen LogP contribution in [-0.4, -0.2) is 71.0 Å². The summed E-state index contributed by atoms with van der Waals surface area (Å²) in [7, 11) is 0. The summed E-state index contributed by atoms with van der Waals surface area (Å²) in [4.78, 5) is 22.4. The van der Waals surface area contributed by atoms with E-state index >= 15 is 0 Å². The molecule has 0 saturated carbocycles. The molecule has 2 atom stereocenters. The van der Waals surface area contributed by atoms with Crippen LogP contribution in [0.5, 0.6) is 0 Å². The van der Waals surface area contributed by atoms with Gasteiger partial charge in [-0.05, 0) is 38.1 Å². The van der Waals surface area contributed by atoms with Crippen molar-refractivity contribution in [3.8, 4) is 0 Å². The zero-order chi connectivity index (χ0) is 22.4. The van der Waals surface area contributed by atoms with Gasteiger partial charge in [0.1, 0.15) is 11.5 Å². The maximum atomic E-state index is 10.6. The Labute approximate surface area is 177 Å². The Balaban J connectivity index is 0.000000339. The molecule has 0 amide bonds. The summed E-state index contributed by atoms with van der Waals surface area (Å²) in [5.41, 5.74) is 0. The van der Waals surface area contributed by atoms with Crippen molar-refractivity contribution in [1.82, 2.24) is 14.9 Å². The highest BCUT2D eigenvalue weighted by atomic mass is 19.4. The summed E-state index contributed by atoms with van der Waals surface area (Å²) in [5, 5.41) is 7.12. The number of aliphatic carboxylic acids is 1. The van der Waals surface area contributed by atoms with Crippen molar-refractivity contribution in [2.24, 2.45) is 5.92 Å². The summed E-state index contributed by atoms with van der Waals surface area (Å²) >= 11 is 0. The number of hydrogen-bond acceptors (Lipinski definition) is 7. The van der Waals surface area contributed by atoms with Gasteiger partial charge in [0, 0.05) is 37.9 Å². The van der Waals surface area contributed by atoms with Crippen molar-refractivity contribution in [2.45, 2.75) is 32.2 Å². The summed E-state index contributed by atoms with van der Waals surface area (Å²) in [6.07, 6.45) is -0.0595. The summed E-state index contributed by atoms with van der Waals surface area (Å²) < 4.78 is 43.6. The van der Waals surface area contributed by atoms with E-state index in [1.165, 1.54) is 0 Å². The molecular weight excluding hydrogens is 417 g/mol. The topological polar surface area (TPSA) is 91.9 Å². The highest BCUT2D eigenvalue weighted by molar-refractivity contribution is 5.73. The Morgan fingerprint density at radius 2 is 1.94 bits per heavy atom. The van der Waals surface area contributed by atoms with Crippen molar-refractivity contribution >= 4 is 11.9 Å². The zero-order valence-electron chi connectivity index (χ0n) is 17.1. The van der Waals surface area contributed by atoms with Gasteiger partial charge in [-0.2, -0.15) is 13.2 Å². The van der Waals surface area contributed by atoms with E-state index in [4.69, 9.17) is 19.1 Å². The minimum absolute atomic E-state index is 0.281. The van der Waals surface area contributed by atoms with Crippen molar-refractivity contribution in [2.75, 3.05) is 37.7 Å². The number of hydrogen-bond donors (Lipinski definition) is 1. The standard InChI is InChI=1S/C18H24N4O2.C2HF3O2/c1-14-3-4-16(24-14)12-21-8-5-15-11-22(9-10-23-17(15)13-21)18-19-6-2-7-20-18;3-2(4,5)1(6)7/h2-4,6-7,15,17H,5,8-13H2,1H3;(H,6,7)/t15-,17-;/m1./s1. The zero-order valence-corrected chi connectivity index (χ0v) is 17.1. The van der Waals surface area contributed by atoms with Gasteiger partial charge in [0.05, 0.1) is 19.3 Å². The van der Waals surface area contributed by atoms with Crippen LogP contribution < -0.4 is 4.90 Å². The minimum Gasteiger partial charge on any atom is -0.475 e. The molecule has 0 radical (unpaired) electrons. The predicted octanol–water partition coefficient (Wildman–Crippen LogP) is 2.74. The normalized spacial score (nSPS) is 22.1. The van der Waals surface area contributed by atoms with E-state index < -0.39 is 12.1 Å². The largest absolute Gasteiger partial charge is 0.490 e. The third kappa shape index (κ3) is 6.66. The molecule has 0 bridgehead atoms. The Kier molecular flexibility index (Phi) is 7.50. The van der Waals surface area contributed by atoms with Gasteiger partial charge in [-0.15, -0.1) is 0 Å². The van der Waals surface area contributed by atoms with E-state index in [-0.39, 0.29) is 6.10 Å². The number of rotatable bonds is 3. The molecule has 0 unspecified atom stereocenters. The van der Waals surface area contributed by atoms with Gasteiger partial charge in [0.2, 0.25) is 5.95 Å². The van der Waals surface area contributed by atoms with Crippen molar-refractivity contribution in [3.05, 3.63) is 42.1 Å². The van der Waals surface area contributed by atoms with E-state index in [1.807, 2.05) is 19.1 Å². The molecule has 0 aliphatic carbocycles. The summed E-state index contributed by atoms with van der Waals surface area (Å²) in [6, 6.07) is 5.96. The molecule has 8 nitrogen and oxygen atoms in total. The fourth-order valence-corrected chi connectivity index (χ4v) is 3.69. The molecule has 2 aromatic heterocycles. The minimum atomic E-state index is -5.08. The highest BCUT2D eigenvalue weighted by Crippen LogP contribution is 2.26. The lowest BCUT2D eigenvalue weighted by Crippen LogP contribution is -2.46. The van der Waals surface area contributed by atoms with E-state index in [0.29, 0.717) is 5.92 Å². The molecule has 4 heterocycles. The predicted molar refractivity (Wildman–Crippen MR) is 105 cm³/mol. The number of carboxylic acids is 1. The second kappa shape index (κ2) is 10.1. The second-order valence-electron chi connectivity index (χ2n) is 7.50. The van der Waals surface area contributed by atoms with Gasteiger partial charge in [0.15, 0.2) is 0 Å². The quantitative estimate of drug-likeness (QED) is 0.776. The number of piperidine rings is 1. The molecule has 2 aliphatic heterocycles. The van der Waals surface area contributed by atoms with Crippen LogP contribution in [0.3, 0.4) is 0 Å². The first-order valence-electron chi connectivity index (χ1n) is 9.93. The second-order valence-corrected chi connectivity index (χ2v) is 7.50. The summed E-state index contributed by atoms with van der Waals surface area (Å²) in [6.45, 7) is 7.46. The number of likely N-dealkylation sites (tertiary alicyclic amines) is 1. The number of carboxylic acid groups (broad SMARTS) is 1. The molecule has 2 aliphatic rings. The van der Waals surface area contributed by atoms with Crippen LogP contribution in [0.25, 0.3) is 0 Å². The molecule has 2 fully saturated rings. The highest BCUT2D eigenvalue weighted by Gasteiger charge is 2.38. The number of carbonyl (C=O) groups is 1. The molecule has 11 heteroatoms. The molecule has 170 valence electrons. The van der Waals surface area contributed by atoms with E-state index in [2.05, 4.69) is 25.8 Å². The Morgan fingerprint density at radius 3 is 2.55 bits per heavy atom. The Bertz CT molecular complexity index is 846. The lowest BCUT2D eigenvalue weighted by molar-refractivity contribution is -0.192. The molecule has 31 heavy (non-hydrogen) atoms. The molecule has 1 N–H and O–H groups in total. The average Bonchev–Trinajstić information content (AvgIpc) is 3.01. The number of halogens is 3. The first-order valence-corrected chi connectivity index (χ1v) is 9.93. The molecule has 4 rings (SSSR count). The number of aromatic nitrogens is 2. The number of ether oxygens (including phenoxy) is 1. The summed E-state index contributed by atoms with van der Waals surface area (Å²) in [5.74, 6) is 0.608. The fourth-order valence-electron chi connectivity index (χ4n) is 3.69. The number of aryl methyl sites for hydroxylation is 1. The lowest BCUT2D eigenvalue weighted by atomic mass is 9.93. The van der Waals surface area contributed by atoms with Crippen molar-refractivity contribution < 1.29 is 32.2 Å². The maximum absolute atomic E-state index is 10.6. The maximum Gasteiger partial charge on any atom is 0.490 e. The third-order valence-electron chi connectivity index (χ3n) is 5.18. The number of fused-ring (bicyclic) bond motifs is 1. The number of anilines is 1. The fraction of sp³-hybridized carbons (Fsp3) is 0.550. The van der Waals surface area contributed by atoms with Crippen LogP contribution in [0.1, 0.15) is 17.9 Å². The van der Waals surface area contributed by atoms with Gasteiger partial charge in [-0.1, -0.05) is 0 Å². The van der Waals surface area contributed by atoms with Crippen LogP contribution in [0.2, 0.25) is 0 Å². The third-order valence-corrected chi connectivity index (χ3v) is 5.18. The van der Waals surface area contributed by atoms with Gasteiger partial charge in [0.25, 0.3) is 0 Å². The SMILES string of the molecule is Cc1ccc(CN2CC[C@@H]3CN(c4ncccn4)CCO[C@@H]3C2)o1.O=C(O)C(F)(F)F. The van der Waals surface area contributed by atoms with Crippen LogP contribution in [0, 0.1) is 12.8 Å². The smallest absolute Gasteiger partial charge is 0.475 e. The van der Waals surface area contributed by atoms with E-state index in [1.54, 1.807) is 12.4 Å². The molecular formula is C20H25F3N4O4. The first-order chi connectivity index (χ1) is 14.7. The molecule has 0 spiro atoms. The van der Waals surface area contributed by atoms with Crippen molar-refractivity contribution in [3.63, 3.8) is 0 Å². The van der Waals surface area contributed by atoms with Gasteiger partial charge in [-0.25, -0.2) is 14.8 Å². The van der Waals surface area contributed by atoms with Gasteiger partial charge >= 0.3 is 12.1 Å². The van der Waals surface area contributed by atoms with Crippen LogP contribution in [0.15, 0.2) is 35.0 Å². The lowest BCUT2D eigenvalue weighted by Gasteiger charge is -2.37. The molecule has 2 saturated heterocycles. The van der Waals surface area contributed by atoms with E-state index in [9.17, 15) is 13.2 Å². The monoisotopic (exact) mass is 442 g/mol. The Hall–Kier alpha value is -2.66. The molecule has 2 aromatic rings. The van der Waals surface area contributed by atoms with Crippen LogP contribution in [-0.2, 0) is 16.1 Å². The average molecular weight is 442 g/mol. The number of alkyl halides is 3. The van der Waals surface area contributed by atoms with Crippen LogP contribution in [0.4, 0.5) is 19.1 Å². The van der Waals surface area contributed by atoms with Crippen LogP contribution >= 0.6 is 0 Å². The van der Waals surface area contributed by atoms with E-state index in [0.717, 1.165) is 63.2 Å². The number of furan rings is 1. The van der Waals surface area contributed by atoms with Gasteiger partial charge in [-0.3, -0.25) is 4.90 Å². The molecule has 0 aromatic carbocycles. The van der Waals surface area contributed by atoms with Crippen molar-refractivity contribution in [1.29, 1.82) is 0 Å². The van der Waals surface area contributed by atoms with Gasteiger partial charge < -0.3 is 19.2 Å². The number of nitrogens with zero attached hydrogens (tertiary/aromatic N) is 4. The first kappa shape index (κ1) is 23.0. The Morgan fingerprint density at radius 1 is 1.23 bits per heavy atom.